The van der Waals surface area contributed by atoms with Crippen LogP contribution in [0.2, 0.25) is 0 Å². The average Bonchev–Trinajstić information content (AvgIpc) is 3.12. The first-order chi connectivity index (χ1) is 12.8. The first-order valence-electron chi connectivity index (χ1n) is 8.25. The van der Waals surface area contributed by atoms with Crippen LogP contribution in [0.5, 0.6) is 5.88 Å². The van der Waals surface area contributed by atoms with Crippen LogP contribution >= 0.6 is 0 Å². The van der Waals surface area contributed by atoms with Crippen LogP contribution in [0.3, 0.4) is 0 Å². The van der Waals surface area contributed by atoms with Crippen molar-refractivity contribution in [2.24, 2.45) is 0 Å². The Hall–Kier alpha value is -3.05. The molecule has 0 saturated carbocycles. The highest BCUT2D eigenvalue weighted by atomic mass is 16.5. The monoisotopic (exact) mass is 377 g/mol. The Balaban J connectivity index is 1.84. The van der Waals surface area contributed by atoms with E-state index in [2.05, 4.69) is 15.3 Å². The summed E-state index contributed by atoms with van der Waals surface area (Å²) in [6.07, 6.45) is 1.58. The van der Waals surface area contributed by atoms with Gasteiger partial charge in [0.15, 0.2) is 17.5 Å². The number of amides is 1. The summed E-state index contributed by atoms with van der Waals surface area (Å²) in [4.78, 5) is 25.2. The lowest BCUT2D eigenvalue weighted by Crippen LogP contribution is -2.60. The Kier molecular flexibility index (Phi) is 5.06. The van der Waals surface area contributed by atoms with E-state index < -0.39 is 23.6 Å². The Morgan fingerprint density at radius 1 is 1.52 bits per heavy atom. The number of aliphatic hydroxyl groups is 1. The number of aromatic nitrogens is 4. The van der Waals surface area contributed by atoms with Gasteiger partial charge in [0.1, 0.15) is 0 Å². The van der Waals surface area contributed by atoms with Crippen molar-refractivity contribution in [1.29, 1.82) is 0 Å². The van der Waals surface area contributed by atoms with E-state index >= 15 is 0 Å². The van der Waals surface area contributed by atoms with Gasteiger partial charge in [-0.3, -0.25) is 9.69 Å². The van der Waals surface area contributed by atoms with Crippen LogP contribution in [-0.4, -0.2) is 73.5 Å². The third kappa shape index (κ3) is 3.59. The lowest BCUT2D eigenvalue weighted by Gasteiger charge is -2.36. The lowest BCUT2D eigenvalue weighted by atomic mass is 9.97. The molecule has 144 valence electrons. The van der Waals surface area contributed by atoms with Crippen molar-refractivity contribution in [3.8, 4) is 11.6 Å². The number of nitrogens with zero attached hydrogens (tertiary/aromatic N) is 5. The molecule has 2 aromatic heterocycles. The van der Waals surface area contributed by atoms with E-state index in [0.29, 0.717) is 24.0 Å². The molecule has 1 aliphatic heterocycles. The first-order valence-corrected chi connectivity index (χ1v) is 8.25. The highest BCUT2D eigenvalue weighted by Crippen LogP contribution is 2.24. The molecular formula is C16H19N5O6. The van der Waals surface area contributed by atoms with Crippen LogP contribution in [0.4, 0.5) is 5.82 Å². The number of hydrogen-bond donors (Lipinski definition) is 2. The molecule has 27 heavy (non-hydrogen) atoms. The molecule has 11 nitrogen and oxygen atoms in total. The second-order valence-corrected chi connectivity index (χ2v) is 6.00. The van der Waals surface area contributed by atoms with Crippen LogP contribution in [-0.2, 0) is 14.3 Å². The van der Waals surface area contributed by atoms with Gasteiger partial charge in [-0.15, -0.1) is 10.2 Å². The smallest absolute Gasteiger partial charge is 0.338 e. The summed E-state index contributed by atoms with van der Waals surface area (Å²) in [5.41, 5.74) is -1.77. The summed E-state index contributed by atoms with van der Waals surface area (Å²) in [5, 5.41) is 31.2. The van der Waals surface area contributed by atoms with Gasteiger partial charge < -0.3 is 19.7 Å². The maximum absolute atomic E-state index is 12.6. The molecule has 0 spiro atoms. The topological polar surface area (TPSA) is 140 Å². The van der Waals surface area contributed by atoms with Gasteiger partial charge in [0.2, 0.25) is 5.88 Å². The fraction of sp³-hybridized carbons (Fsp3) is 0.438. The number of ether oxygens (including phenoxy) is 2. The van der Waals surface area contributed by atoms with E-state index in [-0.39, 0.29) is 13.2 Å². The van der Waals surface area contributed by atoms with Crippen LogP contribution in [0, 0.1) is 0 Å². The Labute approximate surface area is 154 Å². The summed E-state index contributed by atoms with van der Waals surface area (Å²) in [7, 11) is 0. The second kappa shape index (κ2) is 7.29. The molecular weight excluding hydrogens is 358 g/mol. The number of carbonyl (C=O) groups is 2. The fourth-order valence-corrected chi connectivity index (χ4v) is 2.61. The molecule has 1 amide bonds. The lowest BCUT2D eigenvalue weighted by molar-refractivity contribution is -0.180. The zero-order chi connectivity index (χ0) is 19.6. The minimum atomic E-state index is -2.35. The molecule has 0 aromatic carbocycles. The highest BCUT2D eigenvalue weighted by molar-refractivity contribution is 6.00. The van der Waals surface area contributed by atoms with Gasteiger partial charge >= 0.3 is 5.97 Å². The van der Waals surface area contributed by atoms with Gasteiger partial charge in [-0.25, -0.2) is 9.48 Å². The second-order valence-electron chi connectivity index (χ2n) is 6.00. The normalized spacial score (nSPS) is 19.6. The van der Waals surface area contributed by atoms with Crippen LogP contribution in [0.25, 0.3) is 5.69 Å². The van der Waals surface area contributed by atoms with Crippen molar-refractivity contribution >= 4 is 17.7 Å². The molecule has 0 radical (unpaired) electrons. The zero-order valence-electron chi connectivity index (χ0n) is 14.8. The van der Waals surface area contributed by atoms with Gasteiger partial charge in [0.05, 0.1) is 31.6 Å². The minimum Gasteiger partial charge on any atom is -0.479 e. The first kappa shape index (κ1) is 18.7. The fourth-order valence-electron chi connectivity index (χ4n) is 2.61. The van der Waals surface area contributed by atoms with Crippen molar-refractivity contribution in [2.45, 2.75) is 25.6 Å². The minimum absolute atomic E-state index is 0.0675. The van der Waals surface area contributed by atoms with Crippen molar-refractivity contribution in [2.75, 3.05) is 24.7 Å². The van der Waals surface area contributed by atoms with E-state index in [0.717, 1.165) is 6.92 Å². The third-order valence-electron chi connectivity index (χ3n) is 4.06. The summed E-state index contributed by atoms with van der Waals surface area (Å²) >= 11 is 0. The molecule has 2 N–H and O–H groups in total. The number of aliphatic carboxylic acids is 1. The van der Waals surface area contributed by atoms with Crippen molar-refractivity contribution in [3.63, 3.8) is 0 Å². The number of hydrogen-bond acceptors (Lipinski definition) is 8. The average molecular weight is 377 g/mol. The molecule has 2 atom stereocenters. The molecule has 3 rings (SSSR count). The van der Waals surface area contributed by atoms with Gasteiger partial charge in [0.25, 0.3) is 5.91 Å². The number of carboxylic acids is 1. The number of anilines is 1. The summed E-state index contributed by atoms with van der Waals surface area (Å²) in [5.74, 6) is -1.59. The number of morpholine rings is 1. The van der Waals surface area contributed by atoms with E-state index in [9.17, 15) is 14.7 Å². The zero-order valence-corrected chi connectivity index (χ0v) is 14.8. The standard InChI is InChI=1S/C16H19N5O6/c1-3-26-12-8-10(9-17-18-12)21-5-4-11(19-21)20-6-7-27-13(14(20)22)16(2,25)15(23)24/h4-5,8-9,13,25H,3,6-7H2,1-2H3,(H,23,24)/t13-,16?/m0/s1. The summed E-state index contributed by atoms with van der Waals surface area (Å²) in [6, 6.07) is 3.24. The third-order valence-corrected chi connectivity index (χ3v) is 4.06. The molecule has 1 aliphatic rings. The predicted molar refractivity (Wildman–Crippen MR) is 90.7 cm³/mol. The van der Waals surface area contributed by atoms with Crippen LogP contribution in [0.1, 0.15) is 13.8 Å². The molecule has 1 fully saturated rings. The van der Waals surface area contributed by atoms with Crippen molar-refractivity contribution < 1.29 is 29.3 Å². The van der Waals surface area contributed by atoms with Crippen LogP contribution < -0.4 is 9.64 Å². The summed E-state index contributed by atoms with van der Waals surface area (Å²) in [6.45, 7) is 3.54. The quantitative estimate of drug-likeness (QED) is 0.690. The van der Waals surface area contributed by atoms with E-state index in [4.69, 9.17) is 14.6 Å². The predicted octanol–water partition coefficient (Wildman–Crippen LogP) is -0.372. The molecule has 0 aliphatic carbocycles. The Morgan fingerprint density at radius 2 is 2.30 bits per heavy atom. The van der Waals surface area contributed by atoms with Gasteiger partial charge in [-0.2, -0.15) is 5.10 Å². The highest BCUT2D eigenvalue weighted by Gasteiger charge is 2.49. The van der Waals surface area contributed by atoms with Crippen molar-refractivity contribution in [3.05, 3.63) is 24.5 Å². The van der Waals surface area contributed by atoms with Crippen LogP contribution in [0.15, 0.2) is 24.5 Å². The SMILES string of the molecule is CCOc1cc(-n2ccc(N3CCO[C@H](C(C)(O)C(=O)O)C3=O)n2)cnn1. The van der Waals surface area contributed by atoms with Gasteiger partial charge in [-0.05, 0) is 13.8 Å². The maximum atomic E-state index is 12.6. The largest absolute Gasteiger partial charge is 0.479 e. The van der Waals surface area contributed by atoms with E-state index in [1.54, 1.807) is 18.3 Å². The molecule has 1 saturated heterocycles. The molecule has 2 aromatic rings. The molecule has 11 heteroatoms. The molecule has 1 unspecified atom stereocenters. The van der Waals surface area contributed by atoms with Crippen molar-refractivity contribution in [1.82, 2.24) is 20.0 Å². The number of carboxylic acid groups (broad SMARTS) is 1. The van der Waals surface area contributed by atoms with E-state index in [1.807, 2.05) is 6.92 Å². The Morgan fingerprint density at radius 3 is 3.00 bits per heavy atom. The number of rotatable bonds is 6. The number of carbonyl (C=O) groups excluding carboxylic acids is 1. The Bertz CT molecular complexity index is 851. The van der Waals surface area contributed by atoms with Gasteiger partial charge in [0, 0.05) is 18.3 Å². The van der Waals surface area contributed by atoms with E-state index in [1.165, 1.54) is 15.8 Å². The van der Waals surface area contributed by atoms with Gasteiger partial charge in [-0.1, -0.05) is 0 Å². The molecule has 3 heterocycles. The molecule has 0 bridgehead atoms. The maximum Gasteiger partial charge on any atom is 0.338 e. The summed E-state index contributed by atoms with van der Waals surface area (Å²) < 4.78 is 12.0.